The third-order valence-corrected chi connectivity index (χ3v) is 4.59. The van der Waals surface area contributed by atoms with Gasteiger partial charge in [-0.05, 0) is 5.56 Å². The van der Waals surface area contributed by atoms with E-state index < -0.39 is 0 Å². The van der Waals surface area contributed by atoms with Crippen LogP contribution >= 0.6 is 0 Å². The van der Waals surface area contributed by atoms with Crippen molar-refractivity contribution in [1.29, 1.82) is 0 Å². The van der Waals surface area contributed by atoms with Crippen LogP contribution in [0.2, 0.25) is 0 Å². The third kappa shape index (κ3) is 3.47. The van der Waals surface area contributed by atoms with E-state index in [1.54, 1.807) is 11.0 Å². The van der Waals surface area contributed by atoms with Crippen molar-refractivity contribution in [1.82, 2.24) is 24.6 Å². The predicted molar refractivity (Wildman–Crippen MR) is 96.4 cm³/mol. The maximum Gasteiger partial charge on any atom is 0.163 e. The molecular weight excluding hydrogens is 316 g/mol. The van der Waals surface area contributed by atoms with Crippen molar-refractivity contribution in [3.05, 3.63) is 48.4 Å². The van der Waals surface area contributed by atoms with E-state index in [2.05, 4.69) is 49.5 Å². The Morgan fingerprint density at radius 2 is 1.96 bits per heavy atom. The van der Waals surface area contributed by atoms with Crippen molar-refractivity contribution < 1.29 is 4.74 Å². The Morgan fingerprint density at radius 3 is 2.76 bits per heavy atom. The molecule has 0 aliphatic carbocycles. The molecule has 0 amide bonds. The Kier molecular flexibility index (Phi) is 4.58. The van der Waals surface area contributed by atoms with Crippen molar-refractivity contribution in [3.8, 4) is 0 Å². The number of rotatable bonds is 5. The number of benzene rings is 1. The maximum atomic E-state index is 5.47. The molecule has 1 saturated heterocycles. The summed E-state index contributed by atoms with van der Waals surface area (Å²) in [4.78, 5) is 11.2. The van der Waals surface area contributed by atoms with E-state index in [9.17, 15) is 0 Å². The second-order valence-corrected chi connectivity index (χ2v) is 6.25. The Morgan fingerprint density at radius 1 is 1.16 bits per heavy atom. The van der Waals surface area contributed by atoms with Gasteiger partial charge in [-0.3, -0.25) is 9.58 Å². The quantitative estimate of drug-likeness (QED) is 0.766. The Labute approximate surface area is 146 Å². The minimum absolute atomic E-state index is 0.137. The first-order chi connectivity index (χ1) is 12.3. The van der Waals surface area contributed by atoms with Gasteiger partial charge in [0.1, 0.15) is 12.1 Å². The van der Waals surface area contributed by atoms with E-state index in [0.717, 1.165) is 49.7 Å². The van der Waals surface area contributed by atoms with Crippen LogP contribution < -0.4 is 5.32 Å². The lowest BCUT2D eigenvalue weighted by atomic mass is 10.1. The van der Waals surface area contributed by atoms with Crippen LogP contribution in [0, 0.1) is 0 Å². The number of fused-ring (bicyclic) bond motifs is 1. The number of aryl methyl sites for hydroxylation is 1. The van der Waals surface area contributed by atoms with Gasteiger partial charge in [0.15, 0.2) is 5.65 Å². The number of hydrogen-bond acceptors (Lipinski definition) is 6. The van der Waals surface area contributed by atoms with E-state index in [1.807, 2.05) is 19.3 Å². The molecule has 1 N–H and O–H groups in total. The van der Waals surface area contributed by atoms with Gasteiger partial charge in [0.2, 0.25) is 0 Å². The number of anilines is 1. The highest BCUT2D eigenvalue weighted by Gasteiger charge is 2.20. The molecule has 0 unspecified atom stereocenters. The standard InChI is InChI=1S/C18H22N6O/c1-23-18-15(11-21-23)17(19-13-20-18)22-16(14-5-3-2-4-6-14)12-24-7-9-25-10-8-24/h2-6,11,13,16H,7-10,12H2,1H3,(H,19,20,22)/t16-/m1/s1. The summed E-state index contributed by atoms with van der Waals surface area (Å²) in [5.74, 6) is 0.820. The number of aromatic nitrogens is 4. The van der Waals surface area contributed by atoms with E-state index in [0.29, 0.717) is 0 Å². The third-order valence-electron chi connectivity index (χ3n) is 4.59. The zero-order valence-electron chi connectivity index (χ0n) is 14.3. The molecule has 1 fully saturated rings. The first kappa shape index (κ1) is 16.0. The molecule has 0 saturated carbocycles. The van der Waals surface area contributed by atoms with Gasteiger partial charge < -0.3 is 10.1 Å². The van der Waals surface area contributed by atoms with Gasteiger partial charge in [-0.1, -0.05) is 30.3 Å². The smallest absolute Gasteiger partial charge is 0.163 e. The number of hydrogen-bond donors (Lipinski definition) is 1. The molecule has 1 aromatic carbocycles. The summed E-state index contributed by atoms with van der Waals surface area (Å²) in [5, 5.41) is 8.85. The molecule has 1 aliphatic rings. The molecule has 0 spiro atoms. The highest BCUT2D eigenvalue weighted by Crippen LogP contribution is 2.24. The Bertz CT molecular complexity index is 828. The van der Waals surface area contributed by atoms with Crippen LogP contribution in [0.15, 0.2) is 42.9 Å². The van der Waals surface area contributed by atoms with Gasteiger partial charge in [-0.25, -0.2) is 9.97 Å². The summed E-state index contributed by atoms with van der Waals surface area (Å²) in [6, 6.07) is 10.6. The van der Waals surface area contributed by atoms with Crippen LogP contribution in [-0.2, 0) is 11.8 Å². The number of nitrogens with one attached hydrogen (secondary N) is 1. The van der Waals surface area contributed by atoms with E-state index in [-0.39, 0.29) is 6.04 Å². The second-order valence-electron chi connectivity index (χ2n) is 6.25. The van der Waals surface area contributed by atoms with E-state index in [4.69, 9.17) is 4.74 Å². The lowest BCUT2D eigenvalue weighted by molar-refractivity contribution is 0.0361. The van der Waals surface area contributed by atoms with Crippen molar-refractivity contribution in [3.63, 3.8) is 0 Å². The molecule has 1 atom stereocenters. The van der Waals surface area contributed by atoms with Crippen molar-refractivity contribution in [2.75, 3.05) is 38.2 Å². The summed E-state index contributed by atoms with van der Waals surface area (Å²) >= 11 is 0. The van der Waals surface area contributed by atoms with Gasteiger partial charge in [0.05, 0.1) is 30.8 Å². The molecule has 3 aromatic rings. The second kappa shape index (κ2) is 7.16. The molecule has 0 bridgehead atoms. The highest BCUT2D eigenvalue weighted by atomic mass is 16.5. The highest BCUT2D eigenvalue weighted by molar-refractivity contribution is 5.86. The molecule has 0 radical (unpaired) electrons. The molecule has 1 aliphatic heterocycles. The van der Waals surface area contributed by atoms with Gasteiger partial charge in [-0.15, -0.1) is 0 Å². The van der Waals surface area contributed by atoms with Gasteiger partial charge in [0.25, 0.3) is 0 Å². The summed E-state index contributed by atoms with van der Waals surface area (Å²) < 4.78 is 7.24. The van der Waals surface area contributed by atoms with Crippen molar-refractivity contribution in [2.45, 2.75) is 6.04 Å². The number of nitrogens with zero attached hydrogens (tertiary/aromatic N) is 5. The minimum Gasteiger partial charge on any atom is -0.379 e. The minimum atomic E-state index is 0.137. The fourth-order valence-corrected chi connectivity index (χ4v) is 3.20. The van der Waals surface area contributed by atoms with Crippen molar-refractivity contribution in [2.24, 2.45) is 7.05 Å². The summed E-state index contributed by atoms with van der Waals surface area (Å²) in [6.07, 6.45) is 3.40. The van der Waals surface area contributed by atoms with Crippen LogP contribution in [0.25, 0.3) is 11.0 Å². The largest absolute Gasteiger partial charge is 0.379 e. The van der Waals surface area contributed by atoms with Gasteiger partial charge in [-0.2, -0.15) is 5.10 Å². The van der Waals surface area contributed by atoms with Gasteiger partial charge in [0, 0.05) is 26.7 Å². The monoisotopic (exact) mass is 338 g/mol. The lowest BCUT2D eigenvalue weighted by Crippen LogP contribution is -2.40. The molecule has 7 heteroatoms. The van der Waals surface area contributed by atoms with Crippen LogP contribution in [0.3, 0.4) is 0 Å². The predicted octanol–water partition coefficient (Wildman–Crippen LogP) is 1.85. The maximum absolute atomic E-state index is 5.47. The molecular formula is C18H22N6O. The molecule has 2 aromatic heterocycles. The fourth-order valence-electron chi connectivity index (χ4n) is 3.20. The average molecular weight is 338 g/mol. The van der Waals surface area contributed by atoms with E-state index >= 15 is 0 Å². The Balaban J connectivity index is 1.63. The Hall–Kier alpha value is -2.51. The zero-order valence-corrected chi connectivity index (χ0v) is 14.3. The summed E-state index contributed by atoms with van der Waals surface area (Å²) in [6.45, 7) is 4.40. The fraction of sp³-hybridized carbons (Fsp3) is 0.389. The molecule has 4 rings (SSSR count). The average Bonchev–Trinajstić information content (AvgIpc) is 3.05. The molecule has 130 valence electrons. The lowest BCUT2D eigenvalue weighted by Gasteiger charge is -2.31. The normalized spacial score (nSPS) is 16.8. The van der Waals surface area contributed by atoms with Crippen LogP contribution in [0.4, 0.5) is 5.82 Å². The van der Waals surface area contributed by atoms with Crippen LogP contribution in [0.1, 0.15) is 11.6 Å². The van der Waals surface area contributed by atoms with Crippen LogP contribution in [0.5, 0.6) is 0 Å². The molecule has 7 nitrogen and oxygen atoms in total. The van der Waals surface area contributed by atoms with Crippen LogP contribution in [-0.4, -0.2) is 57.5 Å². The summed E-state index contributed by atoms with van der Waals surface area (Å²) in [7, 11) is 1.89. The first-order valence-electron chi connectivity index (χ1n) is 8.55. The molecule has 3 heterocycles. The SMILES string of the molecule is Cn1ncc2c(N[C@H](CN3CCOCC3)c3ccccc3)ncnc21. The topological polar surface area (TPSA) is 68.1 Å². The number of ether oxygens (including phenoxy) is 1. The molecule has 25 heavy (non-hydrogen) atoms. The number of morpholine rings is 1. The first-order valence-corrected chi connectivity index (χ1v) is 8.55. The summed E-state index contributed by atoms with van der Waals surface area (Å²) in [5.41, 5.74) is 2.07. The van der Waals surface area contributed by atoms with Gasteiger partial charge >= 0.3 is 0 Å². The van der Waals surface area contributed by atoms with Crippen molar-refractivity contribution >= 4 is 16.9 Å². The zero-order chi connectivity index (χ0) is 17.1. The van der Waals surface area contributed by atoms with E-state index in [1.165, 1.54) is 5.56 Å².